The van der Waals surface area contributed by atoms with E-state index in [0.717, 1.165) is 27.5 Å². The molecule has 0 aliphatic heterocycles. The Morgan fingerprint density at radius 2 is 2.00 bits per heavy atom. The zero-order valence-corrected chi connectivity index (χ0v) is 11.1. The first kappa shape index (κ1) is 11.2. The van der Waals surface area contributed by atoms with Gasteiger partial charge >= 0.3 is 0 Å². The van der Waals surface area contributed by atoms with Crippen molar-refractivity contribution < 1.29 is 0 Å². The van der Waals surface area contributed by atoms with E-state index in [1.54, 1.807) is 0 Å². The summed E-state index contributed by atoms with van der Waals surface area (Å²) in [7, 11) is 0. The Hall–Kier alpha value is -0.310. The maximum atomic E-state index is 6.17. The molecule has 15 heavy (non-hydrogen) atoms. The molecule has 0 amide bonds. The Morgan fingerprint density at radius 1 is 1.27 bits per heavy atom. The van der Waals surface area contributed by atoms with Gasteiger partial charge in [0.2, 0.25) is 0 Å². The maximum Gasteiger partial charge on any atom is 0.0811 e. The van der Waals surface area contributed by atoms with Crippen LogP contribution in [0.5, 0.6) is 0 Å². The summed E-state index contributed by atoms with van der Waals surface area (Å²) in [5.74, 6) is 0. The lowest BCUT2D eigenvalue weighted by molar-refractivity contribution is 1.25. The lowest BCUT2D eigenvalue weighted by Gasteiger charge is -2.06. The smallest absolute Gasteiger partial charge is 0.0811 e. The second-order valence-corrected chi connectivity index (χ2v) is 4.63. The molecule has 0 saturated carbocycles. The van der Waals surface area contributed by atoms with Gasteiger partial charge in [-0.25, -0.2) is 0 Å². The molecule has 0 saturated heterocycles. The second-order valence-electron chi connectivity index (χ2n) is 3.31. The Balaban J connectivity index is 2.81. The fourth-order valence-electron chi connectivity index (χ4n) is 1.45. The molecule has 4 heteroatoms. The second kappa shape index (κ2) is 4.28. The summed E-state index contributed by atoms with van der Waals surface area (Å²) < 4.78 is 0. The van der Waals surface area contributed by atoms with E-state index in [4.69, 9.17) is 23.2 Å². The predicted molar refractivity (Wildman–Crippen MR) is 69.1 cm³/mol. The largest absolute Gasteiger partial charge is 0.251 e. The summed E-state index contributed by atoms with van der Waals surface area (Å²) in [5.41, 5.74) is 2.80. The highest BCUT2D eigenvalue weighted by Gasteiger charge is 2.09. The molecule has 1 nitrogen and oxygen atoms in total. The zero-order chi connectivity index (χ0) is 11.0. The van der Waals surface area contributed by atoms with E-state index >= 15 is 0 Å². The highest BCUT2D eigenvalue weighted by Crippen LogP contribution is 2.32. The number of aryl methyl sites for hydroxylation is 1. The minimum atomic E-state index is 0.538. The number of alkyl halides is 1. The van der Waals surface area contributed by atoms with Crippen LogP contribution in [0.2, 0.25) is 10.0 Å². The number of fused-ring (bicyclic) bond motifs is 1. The van der Waals surface area contributed by atoms with Crippen molar-refractivity contribution in [2.24, 2.45) is 0 Å². The summed E-state index contributed by atoms with van der Waals surface area (Å²) in [6.07, 6.45) is 0. The van der Waals surface area contributed by atoms with Crippen molar-refractivity contribution in [3.8, 4) is 0 Å². The third-order valence-electron chi connectivity index (χ3n) is 2.25. The van der Waals surface area contributed by atoms with E-state index in [0.29, 0.717) is 10.0 Å². The number of halogens is 3. The van der Waals surface area contributed by atoms with E-state index in [1.807, 2.05) is 25.1 Å². The Kier molecular flexibility index (Phi) is 3.19. The molecule has 0 bridgehead atoms. The third-order valence-corrected chi connectivity index (χ3v) is 3.85. The van der Waals surface area contributed by atoms with Crippen molar-refractivity contribution >= 4 is 50.0 Å². The molecule has 1 aromatic carbocycles. The lowest BCUT2D eigenvalue weighted by atomic mass is 10.1. The van der Waals surface area contributed by atoms with E-state index in [9.17, 15) is 0 Å². The molecule has 1 heterocycles. The van der Waals surface area contributed by atoms with Crippen LogP contribution in [0.4, 0.5) is 0 Å². The molecular weight excluding hydrogens is 297 g/mol. The SMILES string of the molecule is Cc1nc2ccc(CBr)cc2c(Cl)c1Cl. The molecule has 1 aromatic heterocycles. The zero-order valence-electron chi connectivity index (χ0n) is 8.02. The highest BCUT2D eigenvalue weighted by molar-refractivity contribution is 9.08. The van der Waals surface area contributed by atoms with Crippen LogP contribution < -0.4 is 0 Å². The van der Waals surface area contributed by atoms with Crippen LogP contribution in [0, 0.1) is 6.92 Å². The van der Waals surface area contributed by atoms with Gasteiger partial charge in [0, 0.05) is 10.7 Å². The standard InChI is InChI=1S/C11H8BrCl2N/c1-6-10(13)11(14)8-4-7(5-12)2-3-9(8)15-6/h2-4H,5H2,1H3. The topological polar surface area (TPSA) is 12.9 Å². The van der Waals surface area contributed by atoms with Crippen LogP contribution in [-0.4, -0.2) is 4.98 Å². The van der Waals surface area contributed by atoms with E-state index in [-0.39, 0.29) is 0 Å². The number of rotatable bonds is 1. The number of pyridine rings is 1. The molecule has 78 valence electrons. The minimum Gasteiger partial charge on any atom is -0.251 e. The van der Waals surface area contributed by atoms with Gasteiger partial charge in [-0.15, -0.1) is 0 Å². The fraction of sp³-hybridized carbons (Fsp3) is 0.182. The third kappa shape index (κ3) is 1.99. The number of hydrogen-bond donors (Lipinski definition) is 0. The van der Waals surface area contributed by atoms with Crippen molar-refractivity contribution in [1.82, 2.24) is 4.98 Å². The Morgan fingerprint density at radius 3 is 2.67 bits per heavy atom. The van der Waals surface area contributed by atoms with Gasteiger partial charge in [0.15, 0.2) is 0 Å². The van der Waals surface area contributed by atoms with Crippen LogP contribution >= 0.6 is 39.1 Å². The fourth-order valence-corrected chi connectivity index (χ4v) is 2.23. The van der Waals surface area contributed by atoms with Crippen LogP contribution in [0.25, 0.3) is 10.9 Å². The number of benzene rings is 1. The van der Waals surface area contributed by atoms with Crippen LogP contribution in [0.15, 0.2) is 18.2 Å². The first-order valence-electron chi connectivity index (χ1n) is 4.43. The van der Waals surface area contributed by atoms with Gasteiger partial charge in [0.25, 0.3) is 0 Å². The van der Waals surface area contributed by atoms with Crippen molar-refractivity contribution in [3.05, 3.63) is 39.5 Å². The molecular formula is C11H8BrCl2N. The minimum absolute atomic E-state index is 0.538. The van der Waals surface area contributed by atoms with Crippen molar-refractivity contribution in [1.29, 1.82) is 0 Å². The summed E-state index contributed by atoms with van der Waals surface area (Å²) in [4.78, 5) is 4.38. The van der Waals surface area contributed by atoms with Gasteiger partial charge in [0.05, 0.1) is 21.3 Å². The van der Waals surface area contributed by atoms with Gasteiger partial charge in [-0.2, -0.15) is 0 Å². The first-order valence-corrected chi connectivity index (χ1v) is 6.31. The average Bonchev–Trinajstić information content (AvgIpc) is 2.26. The molecule has 0 aliphatic carbocycles. The van der Waals surface area contributed by atoms with Crippen LogP contribution in [0.1, 0.15) is 11.3 Å². The number of nitrogens with zero attached hydrogens (tertiary/aromatic N) is 1. The van der Waals surface area contributed by atoms with Gasteiger partial charge in [-0.3, -0.25) is 4.98 Å². The van der Waals surface area contributed by atoms with E-state index in [2.05, 4.69) is 20.9 Å². The summed E-state index contributed by atoms with van der Waals surface area (Å²) in [5, 5.41) is 2.83. The van der Waals surface area contributed by atoms with Crippen molar-refractivity contribution in [2.45, 2.75) is 12.3 Å². The molecule has 0 fully saturated rings. The maximum absolute atomic E-state index is 6.17. The molecule has 0 atom stereocenters. The number of hydrogen-bond acceptors (Lipinski definition) is 1. The number of aromatic nitrogens is 1. The van der Waals surface area contributed by atoms with E-state index in [1.165, 1.54) is 0 Å². The molecule has 2 rings (SSSR count). The van der Waals surface area contributed by atoms with Gasteiger partial charge in [0.1, 0.15) is 0 Å². The first-order chi connectivity index (χ1) is 7.13. The van der Waals surface area contributed by atoms with Crippen molar-refractivity contribution in [3.63, 3.8) is 0 Å². The summed E-state index contributed by atoms with van der Waals surface area (Å²) >= 11 is 15.6. The Labute approximate surface area is 107 Å². The molecule has 0 unspecified atom stereocenters. The highest BCUT2D eigenvalue weighted by atomic mass is 79.9. The molecule has 0 spiro atoms. The van der Waals surface area contributed by atoms with Crippen LogP contribution in [-0.2, 0) is 5.33 Å². The molecule has 0 N–H and O–H groups in total. The van der Waals surface area contributed by atoms with Crippen molar-refractivity contribution in [2.75, 3.05) is 0 Å². The predicted octanol–water partition coefficient (Wildman–Crippen LogP) is 4.74. The lowest BCUT2D eigenvalue weighted by Crippen LogP contribution is -1.88. The Bertz CT molecular complexity index is 525. The van der Waals surface area contributed by atoms with Gasteiger partial charge in [-0.1, -0.05) is 45.2 Å². The monoisotopic (exact) mass is 303 g/mol. The normalized spacial score (nSPS) is 10.9. The molecule has 2 aromatic rings. The average molecular weight is 305 g/mol. The van der Waals surface area contributed by atoms with Crippen LogP contribution in [0.3, 0.4) is 0 Å². The molecule has 0 radical (unpaired) electrons. The summed E-state index contributed by atoms with van der Waals surface area (Å²) in [6, 6.07) is 5.99. The summed E-state index contributed by atoms with van der Waals surface area (Å²) in [6.45, 7) is 1.85. The van der Waals surface area contributed by atoms with Gasteiger partial charge in [-0.05, 0) is 24.6 Å². The quantitative estimate of drug-likeness (QED) is 0.693. The van der Waals surface area contributed by atoms with Gasteiger partial charge < -0.3 is 0 Å². The molecule has 0 aliphatic rings. The van der Waals surface area contributed by atoms with E-state index < -0.39 is 0 Å².